The first-order valence-electron chi connectivity index (χ1n) is 14.0. The van der Waals surface area contributed by atoms with Gasteiger partial charge in [0.05, 0.1) is 44.8 Å². The SMILES string of the molecule is COc1cc(CN2CCN(c3ccc(CC(=O)N4Cc5cnn(C)c5Nc5ccccc54)cc3)CC2)cc(OC)c1. The van der Waals surface area contributed by atoms with Crippen LogP contribution in [0.3, 0.4) is 0 Å². The zero-order valence-corrected chi connectivity index (χ0v) is 23.8. The molecule has 1 amide bonds. The minimum absolute atomic E-state index is 0.0616. The van der Waals surface area contributed by atoms with Crippen molar-refractivity contribution in [2.24, 2.45) is 7.05 Å². The van der Waals surface area contributed by atoms with Gasteiger partial charge in [0.25, 0.3) is 0 Å². The second-order valence-electron chi connectivity index (χ2n) is 10.6. The molecule has 0 aliphatic carbocycles. The van der Waals surface area contributed by atoms with E-state index in [9.17, 15) is 4.79 Å². The minimum Gasteiger partial charge on any atom is -0.497 e. The number of anilines is 4. The number of benzene rings is 3. The lowest BCUT2D eigenvalue weighted by atomic mass is 10.1. The van der Waals surface area contributed by atoms with Crippen LogP contribution in [0, 0.1) is 0 Å². The van der Waals surface area contributed by atoms with Crippen molar-refractivity contribution in [1.82, 2.24) is 14.7 Å². The van der Waals surface area contributed by atoms with Crippen molar-refractivity contribution in [2.45, 2.75) is 19.5 Å². The summed E-state index contributed by atoms with van der Waals surface area (Å²) in [4.78, 5) is 20.3. The van der Waals surface area contributed by atoms with E-state index in [-0.39, 0.29) is 5.91 Å². The number of piperazine rings is 1. The smallest absolute Gasteiger partial charge is 0.231 e. The number of hydrogen-bond donors (Lipinski definition) is 1. The van der Waals surface area contributed by atoms with Gasteiger partial charge in [-0.1, -0.05) is 24.3 Å². The second-order valence-corrected chi connectivity index (χ2v) is 10.6. The number of carbonyl (C=O) groups is 1. The fourth-order valence-electron chi connectivity index (χ4n) is 5.65. The lowest BCUT2D eigenvalue weighted by molar-refractivity contribution is -0.118. The lowest BCUT2D eigenvalue weighted by Crippen LogP contribution is -2.45. The molecule has 9 nitrogen and oxygen atoms in total. The molecule has 0 saturated carbocycles. The minimum atomic E-state index is 0.0616. The summed E-state index contributed by atoms with van der Waals surface area (Å²) in [6.45, 7) is 5.18. The molecular formula is C32H36N6O3. The fourth-order valence-corrected chi connectivity index (χ4v) is 5.65. The maximum Gasteiger partial charge on any atom is 0.231 e. The molecule has 0 atom stereocenters. The van der Waals surface area contributed by atoms with E-state index >= 15 is 0 Å². The van der Waals surface area contributed by atoms with Gasteiger partial charge in [0.1, 0.15) is 17.3 Å². The summed E-state index contributed by atoms with van der Waals surface area (Å²) in [6, 6.07) is 22.4. The summed E-state index contributed by atoms with van der Waals surface area (Å²) >= 11 is 0. The maximum atomic E-state index is 13.6. The molecule has 9 heteroatoms. The molecule has 6 rings (SSSR count). The van der Waals surface area contributed by atoms with E-state index in [1.165, 1.54) is 11.3 Å². The van der Waals surface area contributed by atoms with E-state index in [0.717, 1.165) is 72.5 Å². The number of nitrogens with zero attached hydrogens (tertiary/aromatic N) is 5. The van der Waals surface area contributed by atoms with Crippen molar-refractivity contribution in [3.63, 3.8) is 0 Å². The van der Waals surface area contributed by atoms with Crippen LogP contribution in [0.2, 0.25) is 0 Å². The first kappa shape index (κ1) is 26.7. The predicted molar refractivity (Wildman–Crippen MR) is 161 cm³/mol. The molecule has 1 fully saturated rings. The highest BCUT2D eigenvalue weighted by Crippen LogP contribution is 2.35. The second kappa shape index (κ2) is 11.5. The Morgan fingerprint density at radius 2 is 1.61 bits per heavy atom. The van der Waals surface area contributed by atoms with Crippen LogP contribution in [0.5, 0.6) is 11.5 Å². The number of methoxy groups -OCH3 is 2. The van der Waals surface area contributed by atoms with Gasteiger partial charge in [-0.15, -0.1) is 0 Å². The summed E-state index contributed by atoms with van der Waals surface area (Å²) in [5.41, 5.74) is 6.17. The van der Waals surface area contributed by atoms with Gasteiger partial charge in [-0.05, 0) is 47.5 Å². The summed E-state index contributed by atoms with van der Waals surface area (Å²) in [7, 11) is 5.27. The van der Waals surface area contributed by atoms with Crippen molar-refractivity contribution in [3.8, 4) is 11.5 Å². The first-order valence-corrected chi connectivity index (χ1v) is 14.0. The normalized spacial score (nSPS) is 15.0. The zero-order valence-electron chi connectivity index (χ0n) is 23.8. The molecule has 0 spiro atoms. The Labute approximate surface area is 240 Å². The Balaban J connectivity index is 1.08. The summed E-state index contributed by atoms with van der Waals surface area (Å²) in [5.74, 6) is 2.61. The maximum absolute atomic E-state index is 13.6. The number of rotatable bonds is 7. The highest BCUT2D eigenvalue weighted by Gasteiger charge is 2.26. The monoisotopic (exact) mass is 552 g/mol. The Morgan fingerprint density at radius 1 is 0.902 bits per heavy atom. The van der Waals surface area contributed by atoms with Crippen LogP contribution in [0.15, 0.2) is 72.9 Å². The van der Waals surface area contributed by atoms with Gasteiger partial charge in [-0.3, -0.25) is 14.4 Å². The number of fused-ring (bicyclic) bond motifs is 2. The lowest BCUT2D eigenvalue weighted by Gasteiger charge is -2.36. The highest BCUT2D eigenvalue weighted by atomic mass is 16.5. The Morgan fingerprint density at radius 3 is 2.32 bits per heavy atom. The van der Waals surface area contributed by atoms with Crippen LogP contribution in [0.1, 0.15) is 16.7 Å². The van der Waals surface area contributed by atoms with Gasteiger partial charge in [0.2, 0.25) is 5.91 Å². The Hall–Kier alpha value is -4.50. The molecule has 1 aromatic heterocycles. The van der Waals surface area contributed by atoms with Crippen LogP contribution in [-0.4, -0.2) is 61.0 Å². The largest absolute Gasteiger partial charge is 0.497 e. The van der Waals surface area contributed by atoms with Crippen LogP contribution in [-0.2, 0) is 31.4 Å². The van der Waals surface area contributed by atoms with E-state index in [1.807, 2.05) is 53.2 Å². The van der Waals surface area contributed by atoms with Gasteiger partial charge in [-0.2, -0.15) is 5.10 Å². The van der Waals surface area contributed by atoms with Crippen molar-refractivity contribution < 1.29 is 14.3 Å². The van der Waals surface area contributed by atoms with Crippen molar-refractivity contribution >= 4 is 28.8 Å². The molecule has 1 N–H and O–H groups in total. The van der Waals surface area contributed by atoms with Crippen LogP contribution >= 0.6 is 0 Å². The molecule has 3 aromatic carbocycles. The van der Waals surface area contributed by atoms with E-state index in [1.54, 1.807) is 14.2 Å². The molecule has 2 aliphatic rings. The molecule has 0 bridgehead atoms. The van der Waals surface area contributed by atoms with Gasteiger partial charge >= 0.3 is 0 Å². The topological polar surface area (TPSA) is 75.1 Å². The molecule has 3 heterocycles. The molecular weight excluding hydrogens is 516 g/mol. The van der Waals surface area contributed by atoms with E-state index < -0.39 is 0 Å². The molecule has 2 aliphatic heterocycles. The van der Waals surface area contributed by atoms with Crippen molar-refractivity contribution in [1.29, 1.82) is 0 Å². The predicted octanol–water partition coefficient (Wildman–Crippen LogP) is 4.59. The third-order valence-corrected chi connectivity index (χ3v) is 7.94. The molecule has 41 heavy (non-hydrogen) atoms. The highest BCUT2D eigenvalue weighted by molar-refractivity contribution is 5.99. The standard InChI is InChI=1S/C32H36N6O3/c1-35-32-25(20-33-35)22-38(30-7-5-4-6-29(30)34-32)31(39)18-23-8-10-26(11-9-23)37-14-12-36(13-15-37)21-24-16-27(40-2)19-28(17-24)41-3/h4-11,16-17,19-20,34H,12-15,18,21-22H2,1-3H3. The Bertz CT molecular complexity index is 1500. The number of nitrogens with one attached hydrogen (secondary N) is 1. The van der Waals surface area contributed by atoms with Gasteiger partial charge in [-0.25, -0.2) is 0 Å². The van der Waals surface area contributed by atoms with Crippen LogP contribution in [0.4, 0.5) is 22.9 Å². The van der Waals surface area contributed by atoms with Gasteiger partial charge in [0.15, 0.2) is 0 Å². The van der Waals surface area contributed by atoms with Crippen molar-refractivity contribution in [2.75, 3.05) is 55.5 Å². The Kier molecular flexibility index (Phi) is 7.52. The third kappa shape index (κ3) is 5.71. The number of carbonyl (C=O) groups excluding carboxylic acids is 1. The van der Waals surface area contributed by atoms with E-state index in [0.29, 0.717) is 13.0 Å². The third-order valence-electron chi connectivity index (χ3n) is 7.94. The number of para-hydroxylation sites is 2. The van der Waals surface area contributed by atoms with E-state index in [2.05, 4.69) is 56.6 Å². The number of amides is 1. The van der Waals surface area contributed by atoms with Gasteiger partial charge < -0.3 is 24.6 Å². The first-order chi connectivity index (χ1) is 20.0. The summed E-state index contributed by atoms with van der Waals surface area (Å²) in [5, 5.41) is 7.84. The number of aryl methyl sites for hydroxylation is 1. The number of ether oxygens (including phenoxy) is 2. The van der Waals surface area contributed by atoms with Crippen LogP contribution in [0.25, 0.3) is 0 Å². The number of hydrogen-bond acceptors (Lipinski definition) is 7. The molecule has 1 saturated heterocycles. The average Bonchev–Trinajstić information content (AvgIpc) is 3.24. The summed E-state index contributed by atoms with van der Waals surface area (Å²) in [6.07, 6.45) is 2.17. The molecule has 0 unspecified atom stereocenters. The average molecular weight is 553 g/mol. The van der Waals surface area contributed by atoms with Gasteiger partial charge in [0, 0.05) is 57.1 Å². The quantitative estimate of drug-likeness (QED) is 0.359. The molecule has 4 aromatic rings. The van der Waals surface area contributed by atoms with E-state index in [4.69, 9.17) is 9.47 Å². The number of aromatic nitrogens is 2. The molecule has 0 radical (unpaired) electrons. The summed E-state index contributed by atoms with van der Waals surface area (Å²) < 4.78 is 12.7. The van der Waals surface area contributed by atoms with Crippen molar-refractivity contribution in [3.05, 3.63) is 89.6 Å². The fraction of sp³-hybridized carbons (Fsp3) is 0.312. The molecule has 212 valence electrons. The van der Waals surface area contributed by atoms with Crippen LogP contribution < -0.4 is 24.6 Å². The zero-order chi connectivity index (χ0) is 28.3.